The van der Waals surface area contributed by atoms with Crippen LogP contribution in [0.4, 0.5) is 8.78 Å². The van der Waals surface area contributed by atoms with Gasteiger partial charge in [0.25, 0.3) is 5.56 Å². The van der Waals surface area contributed by atoms with E-state index < -0.39 is 11.6 Å². The first-order chi connectivity index (χ1) is 15.1. The molecule has 0 unspecified atom stereocenters. The predicted octanol–water partition coefficient (Wildman–Crippen LogP) is 3.93. The highest BCUT2D eigenvalue weighted by atomic mass is 19.1. The number of halogens is 2. The molecule has 1 N–H and O–H groups in total. The van der Waals surface area contributed by atoms with Crippen LogP contribution in [0.25, 0.3) is 22.8 Å². The van der Waals surface area contributed by atoms with Gasteiger partial charge in [-0.25, -0.2) is 13.8 Å². The van der Waals surface area contributed by atoms with E-state index in [9.17, 15) is 13.6 Å². The Morgan fingerprint density at radius 1 is 1.16 bits per heavy atom. The molecule has 0 radical (unpaired) electrons. The van der Waals surface area contributed by atoms with Gasteiger partial charge >= 0.3 is 0 Å². The minimum absolute atomic E-state index is 0.128. The summed E-state index contributed by atoms with van der Waals surface area (Å²) in [5.41, 5.74) is 2.67. The molecule has 1 aliphatic rings. The molecule has 3 aromatic heterocycles. The van der Waals surface area contributed by atoms with E-state index in [1.165, 1.54) is 0 Å². The van der Waals surface area contributed by atoms with Crippen molar-refractivity contribution < 1.29 is 13.2 Å². The molecule has 1 aromatic carbocycles. The maximum atomic E-state index is 14.0. The van der Waals surface area contributed by atoms with Crippen LogP contribution in [0.3, 0.4) is 0 Å². The van der Waals surface area contributed by atoms with Crippen molar-refractivity contribution in [1.29, 1.82) is 0 Å². The van der Waals surface area contributed by atoms with Crippen LogP contribution in [-0.4, -0.2) is 26.4 Å². The number of nitrogens with zero attached hydrogens (tertiary/aromatic N) is 3. The third-order valence-corrected chi connectivity index (χ3v) is 5.34. The highest BCUT2D eigenvalue weighted by molar-refractivity contribution is 5.60. The molecule has 5 rings (SSSR count). The SMILES string of the molecule is O=c1[nH]c(-c2ccco2)nc2c1CN(Cc1ccc(-c3cc(F)ccc3F)nc1)CC2. The van der Waals surface area contributed by atoms with Crippen LogP contribution in [0.2, 0.25) is 0 Å². The molecule has 4 heterocycles. The summed E-state index contributed by atoms with van der Waals surface area (Å²) in [7, 11) is 0. The van der Waals surface area contributed by atoms with Gasteiger partial charge in [-0.2, -0.15) is 0 Å². The van der Waals surface area contributed by atoms with Gasteiger partial charge in [0.1, 0.15) is 11.6 Å². The molecule has 0 spiro atoms. The molecule has 4 aromatic rings. The number of nitrogens with one attached hydrogen (secondary N) is 1. The third-order valence-electron chi connectivity index (χ3n) is 5.34. The number of aromatic nitrogens is 3. The first-order valence-corrected chi connectivity index (χ1v) is 9.85. The van der Waals surface area contributed by atoms with E-state index in [-0.39, 0.29) is 11.1 Å². The van der Waals surface area contributed by atoms with Crippen LogP contribution in [0.1, 0.15) is 16.8 Å². The quantitative estimate of drug-likeness (QED) is 0.542. The molecule has 0 saturated carbocycles. The summed E-state index contributed by atoms with van der Waals surface area (Å²) < 4.78 is 32.7. The molecule has 0 aliphatic carbocycles. The van der Waals surface area contributed by atoms with Crippen LogP contribution in [0, 0.1) is 11.6 Å². The minimum atomic E-state index is -0.519. The predicted molar refractivity (Wildman–Crippen MR) is 110 cm³/mol. The minimum Gasteiger partial charge on any atom is -0.461 e. The maximum absolute atomic E-state index is 14.0. The Balaban J connectivity index is 1.32. The number of pyridine rings is 1. The number of fused-ring (bicyclic) bond motifs is 1. The summed E-state index contributed by atoms with van der Waals surface area (Å²) in [6, 6.07) is 10.3. The van der Waals surface area contributed by atoms with E-state index in [0.29, 0.717) is 42.4 Å². The first-order valence-electron chi connectivity index (χ1n) is 9.85. The van der Waals surface area contributed by atoms with Gasteiger partial charge in [-0.1, -0.05) is 6.07 Å². The molecule has 0 saturated heterocycles. The van der Waals surface area contributed by atoms with E-state index in [4.69, 9.17) is 4.42 Å². The molecule has 156 valence electrons. The summed E-state index contributed by atoms with van der Waals surface area (Å²) in [5, 5.41) is 0. The summed E-state index contributed by atoms with van der Waals surface area (Å²) in [6.45, 7) is 1.79. The number of aromatic amines is 1. The van der Waals surface area contributed by atoms with Crippen molar-refractivity contribution in [3.05, 3.63) is 93.7 Å². The maximum Gasteiger partial charge on any atom is 0.256 e. The molecule has 31 heavy (non-hydrogen) atoms. The Kier molecular flexibility index (Phi) is 4.91. The van der Waals surface area contributed by atoms with E-state index in [1.54, 1.807) is 30.7 Å². The zero-order valence-corrected chi connectivity index (χ0v) is 16.4. The molecule has 6 nitrogen and oxygen atoms in total. The summed E-state index contributed by atoms with van der Waals surface area (Å²) >= 11 is 0. The molecular formula is C23H18F2N4O2. The zero-order chi connectivity index (χ0) is 21.4. The Hall–Kier alpha value is -3.65. The van der Waals surface area contributed by atoms with E-state index in [2.05, 4.69) is 19.9 Å². The van der Waals surface area contributed by atoms with Crippen molar-refractivity contribution in [2.24, 2.45) is 0 Å². The number of furan rings is 1. The summed E-state index contributed by atoms with van der Waals surface area (Å²) in [4.78, 5) is 26.4. The molecule has 8 heteroatoms. The second kappa shape index (κ2) is 7.88. The van der Waals surface area contributed by atoms with Gasteiger partial charge in [0, 0.05) is 37.8 Å². The lowest BCUT2D eigenvalue weighted by molar-refractivity contribution is 0.241. The van der Waals surface area contributed by atoms with Gasteiger partial charge in [0.05, 0.1) is 23.2 Å². The van der Waals surface area contributed by atoms with Crippen LogP contribution in [0.5, 0.6) is 0 Å². The largest absolute Gasteiger partial charge is 0.461 e. The average Bonchev–Trinajstić information content (AvgIpc) is 3.31. The molecule has 0 fully saturated rings. The van der Waals surface area contributed by atoms with E-state index in [0.717, 1.165) is 36.0 Å². The Labute approximate surface area is 176 Å². The van der Waals surface area contributed by atoms with Crippen LogP contribution >= 0.6 is 0 Å². The van der Waals surface area contributed by atoms with E-state index >= 15 is 0 Å². The number of hydrogen-bond donors (Lipinski definition) is 1. The van der Waals surface area contributed by atoms with Crippen LogP contribution in [-0.2, 0) is 19.5 Å². The summed E-state index contributed by atoms with van der Waals surface area (Å²) in [6.07, 6.45) is 3.84. The number of benzene rings is 1. The lowest BCUT2D eigenvalue weighted by Crippen LogP contribution is -2.35. The van der Waals surface area contributed by atoms with Gasteiger partial charge < -0.3 is 9.40 Å². The second-order valence-corrected chi connectivity index (χ2v) is 7.45. The lowest BCUT2D eigenvalue weighted by Gasteiger charge is -2.27. The molecule has 0 atom stereocenters. The Morgan fingerprint density at radius 2 is 2.06 bits per heavy atom. The number of rotatable bonds is 4. The fourth-order valence-electron chi connectivity index (χ4n) is 3.78. The zero-order valence-electron chi connectivity index (χ0n) is 16.4. The van der Waals surface area contributed by atoms with Crippen molar-refractivity contribution in [2.75, 3.05) is 6.54 Å². The normalized spacial score (nSPS) is 13.9. The first kappa shape index (κ1) is 19.3. The topological polar surface area (TPSA) is 75.0 Å². The van der Waals surface area contributed by atoms with Gasteiger partial charge in [0.2, 0.25) is 0 Å². The van der Waals surface area contributed by atoms with Gasteiger partial charge in [-0.3, -0.25) is 14.7 Å². The van der Waals surface area contributed by atoms with Crippen LogP contribution in [0.15, 0.2) is 64.1 Å². The lowest BCUT2D eigenvalue weighted by atomic mass is 10.1. The monoisotopic (exact) mass is 420 g/mol. The van der Waals surface area contributed by atoms with E-state index in [1.807, 2.05) is 6.07 Å². The number of hydrogen-bond acceptors (Lipinski definition) is 5. The van der Waals surface area contributed by atoms with Crippen molar-refractivity contribution in [2.45, 2.75) is 19.5 Å². The van der Waals surface area contributed by atoms with Gasteiger partial charge in [-0.15, -0.1) is 0 Å². The Bertz CT molecular complexity index is 1280. The van der Waals surface area contributed by atoms with Crippen molar-refractivity contribution in [3.8, 4) is 22.8 Å². The van der Waals surface area contributed by atoms with Crippen LogP contribution < -0.4 is 5.56 Å². The Morgan fingerprint density at radius 3 is 2.84 bits per heavy atom. The van der Waals surface area contributed by atoms with Crippen molar-refractivity contribution in [3.63, 3.8) is 0 Å². The van der Waals surface area contributed by atoms with Crippen molar-refractivity contribution >= 4 is 0 Å². The van der Waals surface area contributed by atoms with Gasteiger partial charge in [-0.05, 0) is 42.0 Å². The average molecular weight is 420 g/mol. The summed E-state index contributed by atoms with van der Waals surface area (Å²) in [5.74, 6) is -0.0620. The fourth-order valence-corrected chi connectivity index (χ4v) is 3.78. The number of H-pyrrole nitrogens is 1. The molecule has 0 bridgehead atoms. The molecular weight excluding hydrogens is 402 g/mol. The highest BCUT2D eigenvalue weighted by Gasteiger charge is 2.22. The highest BCUT2D eigenvalue weighted by Crippen LogP contribution is 2.23. The third kappa shape index (κ3) is 3.89. The fraction of sp³-hybridized carbons (Fsp3) is 0.174. The van der Waals surface area contributed by atoms with Crippen molar-refractivity contribution in [1.82, 2.24) is 19.9 Å². The van der Waals surface area contributed by atoms with Gasteiger partial charge in [0.15, 0.2) is 11.6 Å². The smallest absolute Gasteiger partial charge is 0.256 e. The molecule has 0 amide bonds. The second-order valence-electron chi connectivity index (χ2n) is 7.45. The molecule has 1 aliphatic heterocycles. The standard InChI is InChI=1S/C23H18F2N4O2/c24-15-4-5-18(25)16(10-15)19-6-3-14(11-26-19)12-29-8-7-20-17(13-29)23(30)28-22(27-20)21-2-1-9-31-21/h1-6,9-11H,7-8,12-13H2,(H,27,28,30).